The Morgan fingerprint density at radius 1 is 0.811 bits per heavy atom. The van der Waals surface area contributed by atoms with E-state index in [1.807, 2.05) is 30.6 Å². The van der Waals surface area contributed by atoms with E-state index in [0.29, 0.717) is 24.6 Å². The molecule has 0 spiro atoms. The summed E-state index contributed by atoms with van der Waals surface area (Å²) in [6.45, 7) is 7.92. The zero-order valence-corrected chi connectivity index (χ0v) is 20.2. The molecule has 0 N–H and O–H groups in total. The van der Waals surface area contributed by atoms with Gasteiger partial charge in [0, 0.05) is 18.2 Å². The highest BCUT2D eigenvalue weighted by Gasteiger charge is 2.38. The van der Waals surface area contributed by atoms with Gasteiger partial charge in [-0.1, -0.05) is 97.6 Å². The van der Waals surface area contributed by atoms with Crippen LogP contribution in [-0.2, 0) is 5.54 Å². The molecule has 0 bridgehead atoms. The van der Waals surface area contributed by atoms with Gasteiger partial charge < -0.3 is 14.1 Å². The fraction of sp³-hybridized carbons (Fsp3) is 0.0938. The molecule has 1 aliphatic rings. The van der Waals surface area contributed by atoms with Crippen LogP contribution in [0.25, 0.3) is 16.5 Å². The van der Waals surface area contributed by atoms with Crippen molar-refractivity contribution in [1.82, 2.24) is 14.5 Å². The number of rotatable bonds is 5. The van der Waals surface area contributed by atoms with Gasteiger partial charge >= 0.3 is 0 Å². The van der Waals surface area contributed by atoms with Crippen LogP contribution in [0.15, 0.2) is 116 Å². The van der Waals surface area contributed by atoms with E-state index in [4.69, 9.17) is 16.3 Å². The minimum Gasteiger partial charge on any atom is -0.489 e. The minimum atomic E-state index is -0.614. The molecule has 0 atom stereocenters. The van der Waals surface area contributed by atoms with Crippen LogP contribution >= 0.6 is 0 Å². The second-order valence-corrected chi connectivity index (χ2v) is 8.91. The smallest absolute Gasteiger partial charge is 0.270 e. The summed E-state index contributed by atoms with van der Waals surface area (Å²) in [5, 5.41) is 0. The van der Waals surface area contributed by atoms with E-state index < -0.39 is 5.54 Å². The van der Waals surface area contributed by atoms with Crippen LogP contribution in [0.4, 0.5) is 5.82 Å². The predicted octanol–water partition coefficient (Wildman–Crippen LogP) is 6.99. The summed E-state index contributed by atoms with van der Waals surface area (Å²) in [6, 6.07) is 35.1. The van der Waals surface area contributed by atoms with Gasteiger partial charge in [0.25, 0.3) is 5.82 Å². The standard InChI is InChI=1S/C32H24N4O/c1-33-30-18-17-29-31(35-30)24(19-20-37-29)21-28-22-36(23-34-28)32(25-11-5-2-6-12-25,26-13-7-3-8-14-26)27-15-9-4-10-16-27/h2-18,21-23H,19-20H2/b24-21+. The van der Waals surface area contributed by atoms with Crippen LogP contribution in [0.3, 0.4) is 0 Å². The van der Waals surface area contributed by atoms with Crippen molar-refractivity contribution in [3.63, 3.8) is 0 Å². The molecule has 2 aromatic heterocycles. The molecule has 5 nitrogen and oxygen atoms in total. The molecule has 0 unspecified atom stereocenters. The molecule has 0 radical (unpaired) electrons. The second kappa shape index (κ2) is 9.60. The van der Waals surface area contributed by atoms with Crippen molar-refractivity contribution in [1.29, 1.82) is 0 Å². The zero-order chi connectivity index (χ0) is 25.1. The van der Waals surface area contributed by atoms with Gasteiger partial charge in [-0.25, -0.2) is 4.98 Å². The molecule has 37 heavy (non-hydrogen) atoms. The quantitative estimate of drug-likeness (QED) is 0.201. The number of hydrogen-bond acceptors (Lipinski definition) is 3. The lowest BCUT2D eigenvalue weighted by Crippen LogP contribution is -2.36. The van der Waals surface area contributed by atoms with Gasteiger partial charge in [0.1, 0.15) is 5.54 Å². The third-order valence-corrected chi connectivity index (χ3v) is 6.78. The van der Waals surface area contributed by atoms with E-state index >= 15 is 0 Å². The van der Waals surface area contributed by atoms with Crippen molar-refractivity contribution in [3.8, 4) is 5.75 Å². The van der Waals surface area contributed by atoms with E-state index in [0.717, 1.165) is 33.7 Å². The first-order chi connectivity index (χ1) is 18.3. The lowest BCUT2D eigenvalue weighted by atomic mass is 9.77. The third kappa shape index (κ3) is 3.99. The van der Waals surface area contributed by atoms with Crippen LogP contribution in [0.1, 0.15) is 34.5 Å². The van der Waals surface area contributed by atoms with E-state index in [2.05, 4.69) is 99.5 Å². The monoisotopic (exact) mass is 480 g/mol. The van der Waals surface area contributed by atoms with Gasteiger partial charge in [0.15, 0.2) is 11.4 Å². The summed E-state index contributed by atoms with van der Waals surface area (Å²) in [7, 11) is 0. The number of hydrogen-bond donors (Lipinski definition) is 0. The Balaban J connectivity index is 1.54. The molecular weight excluding hydrogens is 456 g/mol. The van der Waals surface area contributed by atoms with Crippen LogP contribution in [0, 0.1) is 6.57 Å². The number of imidazole rings is 1. The van der Waals surface area contributed by atoms with Gasteiger partial charge in [-0.3, -0.25) is 0 Å². The Labute approximate surface area is 216 Å². The predicted molar refractivity (Wildman–Crippen MR) is 145 cm³/mol. The molecule has 0 saturated carbocycles. The van der Waals surface area contributed by atoms with Crippen molar-refractivity contribution >= 4 is 17.5 Å². The van der Waals surface area contributed by atoms with Gasteiger partial charge in [-0.15, -0.1) is 4.98 Å². The van der Waals surface area contributed by atoms with Crippen LogP contribution in [0.2, 0.25) is 0 Å². The maximum absolute atomic E-state index is 7.35. The van der Waals surface area contributed by atoms with Crippen LogP contribution < -0.4 is 4.74 Å². The maximum Gasteiger partial charge on any atom is 0.270 e. The number of nitrogens with zero attached hydrogens (tertiary/aromatic N) is 4. The fourth-order valence-corrected chi connectivity index (χ4v) is 5.13. The molecule has 5 aromatic rings. The molecule has 0 fully saturated rings. The number of benzene rings is 3. The Morgan fingerprint density at radius 3 is 1.97 bits per heavy atom. The van der Waals surface area contributed by atoms with Crippen LogP contribution in [0.5, 0.6) is 5.75 Å². The van der Waals surface area contributed by atoms with Gasteiger partial charge in [0.05, 0.1) is 18.6 Å². The van der Waals surface area contributed by atoms with Gasteiger partial charge in [0.2, 0.25) is 0 Å². The number of pyridine rings is 1. The summed E-state index contributed by atoms with van der Waals surface area (Å²) in [5.74, 6) is 1.06. The first-order valence-electron chi connectivity index (χ1n) is 12.2. The van der Waals surface area contributed by atoms with Crippen LogP contribution in [-0.4, -0.2) is 21.1 Å². The van der Waals surface area contributed by atoms with E-state index in [1.165, 1.54) is 0 Å². The van der Waals surface area contributed by atoms with Crippen molar-refractivity contribution < 1.29 is 4.74 Å². The normalized spacial score (nSPS) is 14.0. The molecule has 0 saturated heterocycles. The number of aromatic nitrogens is 3. The highest BCUT2D eigenvalue weighted by atomic mass is 16.5. The Morgan fingerprint density at radius 2 is 1.41 bits per heavy atom. The molecule has 0 aliphatic carbocycles. The lowest BCUT2D eigenvalue weighted by molar-refractivity contribution is 0.314. The van der Waals surface area contributed by atoms with E-state index in [1.54, 1.807) is 6.07 Å². The largest absolute Gasteiger partial charge is 0.489 e. The summed E-state index contributed by atoms with van der Waals surface area (Å²) in [4.78, 5) is 12.8. The Kier molecular flexibility index (Phi) is 5.84. The third-order valence-electron chi connectivity index (χ3n) is 6.78. The number of fused-ring (bicyclic) bond motifs is 1. The molecule has 6 rings (SSSR count). The van der Waals surface area contributed by atoms with E-state index in [-0.39, 0.29) is 0 Å². The highest BCUT2D eigenvalue weighted by Crippen LogP contribution is 2.41. The second-order valence-electron chi connectivity index (χ2n) is 8.91. The van der Waals surface area contributed by atoms with Gasteiger partial charge in [-0.05, 0) is 34.9 Å². The van der Waals surface area contributed by atoms with E-state index in [9.17, 15) is 0 Å². The molecule has 3 heterocycles. The Bertz CT molecular complexity index is 1500. The summed E-state index contributed by atoms with van der Waals surface area (Å²) in [5.41, 5.74) is 5.37. The Hall–Kier alpha value is -4.95. The molecule has 5 heteroatoms. The van der Waals surface area contributed by atoms with Crippen molar-refractivity contribution in [2.24, 2.45) is 0 Å². The average Bonchev–Trinajstić information content (AvgIpc) is 3.44. The average molecular weight is 481 g/mol. The highest BCUT2D eigenvalue weighted by molar-refractivity contribution is 5.82. The van der Waals surface area contributed by atoms with Crippen molar-refractivity contribution in [2.45, 2.75) is 12.0 Å². The minimum absolute atomic E-state index is 0.358. The van der Waals surface area contributed by atoms with Crippen molar-refractivity contribution in [2.75, 3.05) is 6.61 Å². The molecular formula is C32H24N4O. The number of ether oxygens (including phenoxy) is 1. The van der Waals surface area contributed by atoms with Gasteiger partial charge in [-0.2, -0.15) is 0 Å². The SMILES string of the molecule is [C-]#[N+]c1ccc2c(n1)/C(=C/c1cn(C(c3ccccc3)(c3ccccc3)c3ccccc3)cn1)CCO2. The first-order valence-corrected chi connectivity index (χ1v) is 12.2. The topological polar surface area (TPSA) is 44.3 Å². The van der Waals surface area contributed by atoms with Crippen molar-refractivity contribution in [3.05, 3.63) is 155 Å². The fourth-order valence-electron chi connectivity index (χ4n) is 5.13. The molecule has 1 aliphatic heterocycles. The maximum atomic E-state index is 7.35. The lowest BCUT2D eigenvalue weighted by Gasteiger charge is -2.37. The summed E-state index contributed by atoms with van der Waals surface area (Å²) in [6.07, 6.45) is 6.76. The summed E-state index contributed by atoms with van der Waals surface area (Å²) >= 11 is 0. The first kappa shape index (κ1) is 22.5. The summed E-state index contributed by atoms with van der Waals surface area (Å²) < 4.78 is 7.99. The zero-order valence-electron chi connectivity index (χ0n) is 20.2. The molecule has 178 valence electrons. The molecule has 3 aromatic carbocycles. The molecule has 0 amide bonds.